The van der Waals surface area contributed by atoms with Gasteiger partial charge in [-0.25, -0.2) is 0 Å². The Balaban J connectivity index is 0.000000230. The highest BCUT2D eigenvalue weighted by atomic mass is 35.5. The van der Waals surface area contributed by atoms with Crippen LogP contribution in [0.3, 0.4) is 0 Å². The van der Waals surface area contributed by atoms with Gasteiger partial charge in [0.2, 0.25) is 40.0 Å². The van der Waals surface area contributed by atoms with Gasteiger partial charge in [0.1, 0.15) is 18.1 Å². The number of imide groups is 3. The second-order valence-electron chi connectivity index (χ2n) is 18.1. The van der Waals surface area contributed by atoms with Crippen molar-refractivity contribution in [3.63, 3.8) is 0 Å². The molecule has 0 aliphatic carbocycles. The van der Waals surface area contributed by atoms with Gasteiger partial charge in [-0.1, -0.05) is 32.0 Å². The lowest BCUT2D eigenvalue weighted by Crippen LogP contribution is -2.53. The monoisotopic (exact) mass is 1120 g/mol. The highest BCUT2D eigenvalue weighted by Gasteiger charge is 2.45. The third-order valence-corrected chi connectivity index (χ3v) is 13.5. The number of hydrogen-bond donors (Lipinski definition) is 3. The number of carbonyl (C=O) groups is 13. The number of halogens is 3. The summed E-state index contributed by atoms with van der Waals surface area (Å²) in [5.41, 5.74) is 11.4. The number of likely N-dealkylation sites (tertiary alicyclic amines) is 3. The molecule has 0 spiro atoms. The Kier molecular flexibility index (Phi) is 21.7. The van der Waals surface area contributed by atoms with E-state index in [0.717, 1.165) is 25.8 Å². The van der Waals surface area contributed by atoms with Gasteiger partial charge in [-0.15, -0.1) is 12.4 Å². The molecule has 412 valence electrons. The quantitative estimate of drug-likeness (QED) is 0.165. The largest absolute Gasteiger partial charge is 0.398 e. The fraction of sp³-hybridized carbons (Fsp3) is 0.404. The van der Waals surface area contributed by atoms with E-state index in [1.165, 1.54) is 49.7 Å². The van der Waals surface area contributed by atoms with E-state index >= 15 is 0 Å². The number of anilines is 3. The number of piperidine rings is 3. The maximum absolute atomic E-state index is 12.7. The lowest BCUT2D eigenvalue weighted by atomic mass is 10.0. The number of nitrogen functional groups attached to an aromatic ring is 1. The number of carbonyl (C=O) groups excluding carboxylic acids is 13. The number of fused-ring (bicyclic) bond motifs is 3. The maximum Gasteiger partial charge on any atom is 0.255 e. The standard InChI is InChI=1S/C17H19N3O4.C16H17N3O4.C14H15N3O3.C3H5ClO.C2H3ClO.ClH/c1-3-14(21)18-12-6-4-5-10-11(12)9-20(16(10)23)13-7-8-15(22)19(2)17(13)24;1-9(20)17-12-5-3-4-10-11(12)8-19(15(10)22)13-6-7-14(21)18(2)16(13)23;1-16-12(18)6-5-11(14(16)20)17-7-9-8(13(17)19)3-2-4-10(9)15;1-2-3(4)5;1-2(3)4;/h4-6,13H,3,7-9H2,1-2H3,(H,18,21);3-5,13H,6-8H2,1-2H3,(H,17,20);2-4,11H,5-7,15H2,1H3;2H2,1H3;1H3;1H. The minimum Gasteiger partial charge on any atom is -0.398 e. The molecular formula is C52H60Cl3N9O13. The molecule has 3 saturated heterocycles. The smallest absolute Gasteiger partial charge is 0.255 e. The Labute approximate surface area is 460 Å². The molecule has 0 saturated carbocycles. The van der Waals surface area contributed by atoms with Crippen molar-refractivity contribution in [1.29, 1.82) is 0 Å². The molecule has 25 heteroatoms. The van der Waals surface area contributed by atoms with E-state index in [0.29, 0.717) is 78.0 Å². The highest BCUT2D eigenvalue weighted by molar-refractivity contribution is 6.63. The molecule has 6 aliphatic heterocycles. The molecule has 4 N–H and O–H groups in total. The van der Waals surface area contributed by atoms with Crippen LogP contribution in [0.25, 0.3) is 0 Å². The third-order valence-electron chi connectivity index (χ3n) is 13.2. The van der Waals surface area contributed by atoms with Crippen molar-refractivity contribution < 1.29 is 62.3 Å². The van der Waals surface area contributed by atoms with Crippen molar-refractivity contribution in [2.24, 2.45) is 0 Å². The number of nitrogens with two attached hydrogens (primary N) is 1. The second kappa shape index (κ2) is 27.0. The summed E-state index contributed by atoms with van der Waals surface area (Å²) in [4.78, 5) is 159. The SMILES string of the molecule is CC(=O)Cl.CC(=O)Nc1cccc2c1CN(C1CCC(=O)N(C)C1=O)C2=O.CCC(=O)Cl.CCC(=O)Nc1cccc2c1CN(C1CCC(=O)N(C)C1=O)C2=O.CN1C(=O)CCC(N2Cc3c(N)cccc3C2=O)C1=O.Cl. The van der Waals surface area contributed by atoms with E-state index in [4.69, 9.17) is 17.3 Å². The summed E-state index contributed by atoms with van der Waals surface area (Å²) in [6.07, 6.45) is 2.58. The van der Waals surface area contributed by atoms with Gasteiger partial charge >= 0.3 is 0 Å². The van der Waals surface area contributed by atoms with E-state index in [2.05, 4.69) is 22.2 Å². The van der Waals surface area contributed by atoms with Gasteiger partial charge in [-0.2, -0.15) is 0 Å². The Morgan fingerprint density at radius 2 is 0.844 bits per heavy atom. The fourth-order valence-electron chi connectivity index (χ4n) is 9.07. The first-order chi connectivity index (χ1) is 35.8. The molecular weight excluding hydrogens is 1060 g/mol. The number of hydrogen-bond acceptors (Lipinski definition) is 14. The molecule has 0 aromatic heterocycles. The van der Waals surface area contributed by atoms with Crippen LogP contribution in [-0.4, -0.2) is 144 Å². The van der Waals surface area contributed by atoms with Gasteiger partial charge in [0.15, 0.2) is 0 Å². The van der Waals surface area contributed by atoms with Crippen molar-refractivity contribution in [3.05, 3.63) is 88.0 Å². The average molecular weight is 1130 g/mol. The Hall–Kier alpha value is -7.56. The van der Waals surface area contributed by atoms with E-state index in [-0.39, 0.29) is 120 Å². The van der Waals surface area contributed by atoms with Gasteiger partial charge in [-0.3, -0.25) is 77.0 Å². The summed E-state index contributed by atoms with van der Waals surface area (Å²) in [6, 6.07) is 13.6. The summed E-state index contributed by atoms with van der Waals surface area (Å²) in [6.45, 7) is 7.01. The van der Waals surface area contributed by atoms with E-state index in [1.54, 1.807) is 68.4 Å². The summed E-state index contributed by atoms with van der Waals surface area (Å²) in [5, 5.41) is 4.87. The topological polar surface area (TPSA) is 291 Å². The second-order valence-corrected chi connectivity index (χ2v) is 19.1. The molecule has 9 rings (SSSR count). The molecule has 0 radical (unpaired) electrons. The van der Waals surface area contributed by atoms with Crippen LogP contribution in [0.2, 0.25) is 0 Å². The lowest BCUT2D eigenvalue weighted by molar-refractivity contribution is -0.151. The molecule has 0 bridgehead atoms. The average Bonchev–Trinajstić information content (AvgIpc) is 4.04. The van der Waals surface area contributed by atoms with E-state index in [1.807, 2.05) is 0 Å². The van der Waals surface area contributed by atoms with Gasteiger partial charge in [0, 0.05) is 137 Å². The van der Waals surface area contributed by atoms with Crippen LogP contribution < -0.4 is 16.4 Å². The number of nitrogens with one attached hydrogen (secondary N) is 2. The summed E-state index contributed by atoms with van der Waals surface area (Å²) >= 11 is 9.46. The molecule has 11 amide bonds. The molecule has 77 heavy (non-hydrogen) atoms. The fourth-order valence-corrected chi connectivity index (χ4v) is 9.07. The number of nitrogens with zero attached hydrogens (tertiary/aromatic N) is 6. The van der Waals surface area contributed by atoms with Crippen LogP contribution in [-0.2, 0) is 67.6 Å². The number of likely N-dealkylation sites (N-methyl/N-ethyl adjacent to an activating group) is 3. The maximum atomic E-state index is 12.7. The van der Waals surface area contributed by atoms with E-state index < -0.39 is 18.1 Å². The molecule has 3 aromatic rings. The zero-order chi connectivity index (χ0) is 56.5. The zero-order valence-corrected chi connectivity index (χ0v) is 45.8. The van der Waals surface area contributed by atoms with Gasteiger partial charge < -0.3 is 31.1 Å². The number of amides is 11. The van der Waals surface area contributed by atoms with Crippen LogP contribution in [0.4, 0.5) is 17.1 Å². The predicted octanol–water partition coefficient (Wildman–Crippen LogP) is 4.61. The van der Waals surface area contributed by atoms with Crippen LogP contribution in [0.1, 0.15) is 127 Å². The first kappa shape index (κ1) is 62.0. The molecule has 3 fully saturated rings. The minimum atomic E-state index is -0.637. The highest BCUT2D eigenvalue weighted by Crippen LogP contribution is 2.35. The molecule has 22 nitrogen and oxygen atoms in total. The number of benzene rings is 3. The van der Waals surface area contributed by atoms with Crippen molar-refractivity contribution >= 4 is 128 Å². The van der Waals surface area contributed by atoms with Crippen molar-refractivity contribution in [3.8, 4) is 0 Å². The van der Waals surface area contributed by atoms with Gasteiger partial charge in [0.05, 0.1) is 0 Å². The molecule has 3 atom stereocenters. The van der Waals surface area contributed by atoms with Crippen molar-refractivity contribution in [2.45, 2.75) is 117 Å². The number of rotatable bonds is 7. The minimum absolute atomic E-state index is 0. The van der Waals surface area contributed by atoms with E-state index in [9.17, 15) is 62.3 Å². The third kappa shape index (κ3) is 14.3. The predicted molar refractivity (Wildman–Crippen MR) is 284 cm³/mol. The zero-order valence-electron chi connectivity index (χ0n) is 43.4. The first-order valence-corrected chi connectivity index (χ1v) is 25.0. The van der Waals surface area contributed by atoms with Crippen LogP contribution in [0.15, 0.2) is 54.6 Å². The normalized spacial score (nSPS) is 19.2. The molecule has 6 heterocycles. The lowest BCUT2D eigenvalue weighted by Gasteiger charge is -2.33. The Morgan fingerprint density at radius 3 is 1.16 bits per heavy atom. The van der Waals surface area contributed by atoms with Gasteiger partial charge in [0.25, 0.3) is 35.4 Å². The first-order valence-electron chi connectivity index (χ1n) is 24.2. The Morgan fingerprint density at radius 1 is 0.532 bits per heavy atom. The molecule has 3 aromatic carbocycles. The summed E-state index contributed by atoms with van der Waals surface area (Å²) < 4.78 is 0. The molecule has 6 aliphatic rings. The summed E-state index contributed by atoms with van der Waals surface area (Å²) in [5.74, 6) is -2.70. The molecule has 3 unspecified atom stereocenters. The Bertz CT molecular complexity index is 2910. The van der Waals surface area contributed by atoms with Gasteiger partial charge in [-0.05, 0) is 78.9 Å². The van der Waals surface area contributed by atoms with Crippen molar-refractivity contribution in [1.82, 2.24) is 29.4 Å². The van der Waals surface area contributed by atoms with Crippen LogP contribution in [0.5, 0.6) is 0 Å². The van der Waals surface area contributed by atoms with Crippen LogP contribution >= 0.6 is 35.6 Å². The van der Waals surface area contributed by atoms with Crippen LogP contribution in [0, 0.1) is 0 Å². The van der Waals surface area contributed by atoms with Crippen molar-refractivity contribution in [2.75, 3.05) is 37.5 Å². The summed E-state index contributed by atoms with van der Waals surface area (Å²) in [7, 11) is 4.34.